The highest BCUT2D eigenvalue weighted by molar-refractivity contribution is 7.92. The van der Waals surface area contributed by atoms with Crippen LogP contribution in [0.4, 0.5) is 14.5 Å². The summed E-state index contributed by atoms with van der Waals surface area (Å²) in [5, 5.41) is 11.5. The number of anilines is 1. The number of aryl methyl sites for hydroxylation is 1. The fourth-order valence-corrected chi connectivity index (χ4v) is 5.35. The van der Waals surface area contributed by atoms with Gasteiger partial charge >= 0.3 is 11.7 Å². The molecule has 0 aliphatic carbocycles. The van der Waals surface area contributed by atoms with Crippen molar-refractivity contribution in [2.75, 3.05) is 4.72 Å². The van der Waals surface area contributed by atoms with E-state index in [4.69, 9.17) is 4.42 Å². The van der Waals surface area contributed by atoms with Crippen LogP contribution in [-0.4, -0.2) is 45.6 Å². The summed E-state index contributed by atoms with van der Waals surface area (Å²) >= 11 is 0. The maximum absolute atomic E-state index is 14.8. The van der Waals surface area contributed by atoms with Crippen molar-refractivity contribution in [3.8, 4) is 5.69 Å². The van der Waals surface area contributed by atoms with Gasteiger partial charge in [0.25, 0.3) is 21.5 Å². The van der Waals surface area contributed by atoms with E-state index in [2.05, 4.69) is 10.3 Å². The van der Waals surface area contributed by atoms with Crippen molar-refractivity contribution < 1.29 is 36.3 Å². The van der Waals surface area contributed by atoms with Gasteiger partial charge in [0.05, 0.1) is 40.3 Å². The molecule has 0 radical (unpaired) electrons. The van der Waals surface area contributed by atoms with Crippen molar-refractivity contribution in [2.24, 2.45) is 7.05 Å². The molecule has 5 rings (SSSR count). The Bertz CT molecular complexity index is 2140. The Hall–Kier alpha value is -5.64. The summed E-state index contributed by atoms with van der Waals surface area (Å²) in [6.45, 7) is 0. The second-order valence-corrected chi connectivity index (χ2v) is 11.0. The molecule has 0 spiro atoms. The first kappa shape index (κ1) is 29.8. The Balaban J connectivity index is 1.35. The van der Waals surface area contributed by atoms with E-state index in [0.717, 1.165) is 16.9 Å². The first-order chi connectivity index (χ1) is 20.9. The monoisotopic (exact) mass is 625 g/mol. The number of amides is 1. The molecule has 0 saturated carbocycles. The average molecular weight is 626 g/mol. The molecule has 0 bridgehead atoms. The number of hydrogen-bond donors (Lipinski definition) is 3. The molecular formula is C28H21F2N5O8S. The number of carboxylic acid groups (broad SMARTS) is 1. The van der Waals surface area contributed by atoms with Crippen LogP contribution in [0, 0.1) is 11.6 Å². The van der Waals surface area contributed by atoms with E-state index in [1.165, 1.54) is 36.0 Å². The molecule has 3 aromatic heterocycles. The molecule has 1 amide bonds. The van der Waals surface area contributed by atoms with Crippen LogP contribution in [0.1, 0.15) is 16.1 Å². The number of hydrogen-bond acceptors (Lipinski definition) is 8. The van der Waals surface area contributed by atoms with Gasteiger partial charge < -0.3 is 14.8 Å². The van der Waals surface area contributed by atoms with Gasteiger partial charge in [0, 0.05) is 25.2 Å². The minimum Gasteiger partial charge on any atom is -0.480 e. The molecule has 16 heteroatoms. The number of fused-ring (bicyclic) bond motifs is 1. The molecule has 13 nitrogen and oxygen atoms in total. The number of pyridine rings is 1. The van der Waals surface area contributed by atoms with Crippen molar-refractivity contribution in [3.05, 3.63) is 117 Å². The summed E-state index contributed by atoms with van der Waals surface area (Å²) in [5.41, 5.74) is -2.23. The molecular weight excluding hydrogens is 604 g/mol. The van der Waals surface area contributed by atoms with Crippen LogP contribution in [-0.2, 0) is 28.3 Å². The molecule has 44 heavy (non-hydrogen) atoms. The normalized spacial score (nSPS) is 12.2. The maximum Gasteiger partial charge on any atom is 0.335 e. The van der Waals surface area contributed by atoms with Gasteiger partial charge in [-0.3, -0.25) is 23.9 Å². The van der Waals surface area contributed by atoms with Gasteiger partial charge in [-0.2, -0.15) is 8.42 Å². The van der Waals surface area contributed by atoms with Crippen molar-refractivity contribution in [1.82, 2.24) is 19.4 Å². The third-order valence-corrected chi connectivity index (χ3v) is 7.82. The molecule has 3 heterocycles. The number of para-hydroxylation sites is 1. The van der Waals surface area contributed by atoms with Gasteiger partial charge in [0.15, 0.2) is 0 Å². The van der Waals surface area contributed by atoms with Crippen LogP contribution >= 0.6 is 0 Å². The van der Waals surface area contributed by atoms with E-state index < -0.39 is 73.6 Å². The number of nitrogens with zero attached hydrogens (tertiary/aromatic N) is 3. The van der Waals surface area contributed by atoms with Gasteiger partial charge in [-0.15, -0.1) is 0 Å². The number of sulfonamides is 1. The average Bonchev–Trinajstić information content (AvgIpc) is 3.55. The van der Waals surface area contributed by atoms with Gasteiger partial charge in [-0.25, -0.2) is 22.9 Å². The SMILES string of the molecule is Cn1c(=O)n(-c2ccc(C[C@H](NC(=O)c3cc(F)c(NS(=O)(=O)c4ccco4)cc3F)C(=O)O)nc2)c(=O)c2ccccc21. The highest BCUT2D eigenvalue weighted by Crippen LogP contribution is 2.23. The quantitative estimate of drug-likeness (QED) is 0.221. The summed E-state index contributed by atoms with van der Waals surface area (Å²) in [4.78, 5) is 54.6. The lowest BCUT2D eigenvalue weighted by atomic mass is 10.1. The molecule has 0 unspecified atom stereocenters. The number of rotatable bonds is 9. The lowest BCUT2D eigenvalue weighted by Crippen LogP contribution is -2.42. The van der Waals surface area contributed by atoms with E-state index in [1.807, 2.05) is 4.72 Å². The molecule has 0 aliphatic rings. The fourth-order valence-electron chi connectivity index (χ4n) is 4.36. The van der Waals surface area contributed by atoms with Gasteiger partial charge in [-0.1, -0.05) is 12.1 Å². The second-order valence-electron chi connectivity index (χ2n) is 9.42. The Morgan fingerprint density at radius 2 is 1.80 bits per heavy atom. The summed E-state index contributed by atoms with van der Waals surface area (Å²) in [6.07, 6.45) is 1.85. The summed E-state index contributed by atoms with van der Waals surface area (Å²) < 4.78 is 62.7. The fraction of sp³-hybridized carbons (Fsp3) is 0.107. The third kappa shape index (κ3) is 5.69. The zero-order valence-electron chi connectivity index (χ0n) is 22.5. The smallest absolute Gasteiger partial charge is 0.335 e. The number of furan rings is 1. The lowest BCUT2D eigenvalue weighted by Gasteiger charge is -2.16. The van der Waals surface area contributed by atoms with E-state index in [9.17, 15) is 41.5 Å². The predicted octanol–water partition coefficient (Wildman–Crippen LogP) is 2.18. The van der Waals surface area contributed by atoms with E-state index in [-0.39, 0.29) is 11.4 Å². The summed E-state index contributed by atoms with van der Waals surface area (Å²) in [7, 11) is -2.89. The minimum absolute atomic E-state index is 0.112. The molecule has 3 N–H and O–H groups in total. The Morgan fingerprint density at radius 3 is 2.45 bits per heavy atom. The highest BCUT2D eigenvalue weighted by Gasteiger charge is 2.26. The van der Waals surface area contributed by atoms with Crippen molar-refractivity contribution in [1.29, 1.82) is 0 Å². The lowest BCUT2D eigenvalue weighted by molar-refractivity contribution is -0.139. The van der Waals surface area contributed by atoms with Crippen LogP contribution < -0.4 is 21.3 Å². The van der Waals surface area contributed by atoms with Crippen LogP contribution in [0.25, 0.3) is 16.6 Å². The molecule has 2 aromatic carbocycles. The maximum atomic E-state index is 14.8. The first-order valence-electron chi connectivity index (χ1n) is 12.6. The van der Waals surface area contributed by atoms with Crippen LogP contribution in [0.5, 0.6) is 0 Å². The van der Waals surface area contributed by atoms with Crippen LogP contribution in [0.2, 0.25) is 0 Å². The van der Waals surface area contributed by atoms with Gasteiger partial charge in [0.1, 0.15) is 17.7 Å². The van der Waals surface area contributed by atoms with Crippen molar-refractivity contribution in [2.45, 2.75) is 17.6 Å². The van der Waals surface area contributed by atoms with E-state index in [1.54, 1.807) is 24.3 Å². The van der Waals surface area contributed by atoms with Gasteiger partial charge in [-0.05, 0) is 42.5 Å². The largest absolute Gasteiger partial charge is 0.480 e. The minimum atomic E-state index is -4.39. The zero-order valence-corrected chi connectivity index (χ0v) is 23.3. The molecule has 0 aliphatic heterocycles. The number of halogens is 2. The second kappa shape index (κ2) is 11.6. The molecule has 0 fully saturated rings. The molecule has 1 atom stereocenters. The zero-order chi connectivity index (χ0) is 31.8. The summed E-state index contributed by atoms with van der Waals surface area (Å²) in [6, 6.07) is 10.8. The van der Waals surface area contributed by atoms with E-state index in [0.29, 0.717) is 23.0 Å². The van der Waals surface area contributed by atoms with Crippen molar-refractivity contribution in [3.63, 3.8) is 0 Å². The molecule has 0 saturated heterocycles. The van der Waals surface area contributed by atoms with Gasteiger partial charge in [0.2, 0.25) is 5.09 Å². The molecule has 226 valence electrons. The third-order valence-electron chi connectivity index (χ3n) is 6.57. The highest BCUT2D eigenvalue weighted by atomic mass is 32.2. The predicted molar refractivity (Wildman–Crippen MR) is 151 cm³/mol. The van der Waals surface area contributed by atoms with E-state index >= 15 is 0 Å². The number of carbonyl (C=O) groups excluding carboxylic acids is 1. The number of nitrogens with one attached hydrogen (secondary N) is 2. The Labute approximate surface area is 246 Å². The molecule has 5 aromatic rings. The number of benzene rings is 2. The number of carbonyl (C=O) groups is 2. The number of aromatic nitrogens is 3. The number of aliphatic carboxylic acids is 1. The first-order valence-corrected chi connectivity index (χ1v) is 14.1. The van der Waals surface area contributed by atoms with Crippen LogP contribution in [0.15, 0.2) is 92.2 Å². The summed E-state index contributed by atoms with van der Waals surface area (Å²) in [5.74, 6) is -5.47. The topological polar surface area (TPSA) is 183 Å². The van der Waals surface area contributed by atoms with Crippen LogP contribution in [0.3, 0.4) is 0 Å². The Morgan fingerprint density at radius 1 is 1.05 bits per heavy atom. The van der Waals surface area contributed by atoms with Crippen molar-refractivity contribution >= 4 is 38.5 Å². The Kier molecular flexibility index (Phi) is 7.84. The standard InChI is InChI=1S/C28H21F2N5O8S/c1-34-23-6-3-2-5-17(23)26(37)35(28(34)40)16-9-8-15(31-14-16)11-22(27(38)39)32-25(36)18-12-20(30)21(13-19(18)29)33-44(41,42)24-7-4-10-43-24/h2-10,12-14,22,33H,11H2,1H3,(H,32,36)(H,38,39)/t22-/m0/s1. The number of carboxylic acids is 1.